The molecule has 5 nitrogen and oxygen atoms in total. The van der Waals surface area contributed by atoms with E-state index in [1.807, 2.05) is 37.3 Å². The SMILES string of the molecule is CCC(C(N)=O)N(CCC(=O)O)c1ccccc1. The van der Waals surface area contributed by atoms with Gasteiger partial charge in [-0.05, 0) is 18.6 Å². The number of carbonyl (C=O) groups is 2. The van der Waals surface area contributed by atoms with Crippen molar-refractivity contribution in [1.82, 2.24) is 0 Å². The molecular formula is C13H18N2O3. The van der Waals surface area contributed by atoms with Crippen LogP contribution >= 0.6 is 0 Å². The van der Waals surface area contributed by atoms with E-state index < -0.39 is 17.9 Å². The van der Waals surface area contributed by atoms with E-state index in [0.717, 1.165) is 5.69 Å². The molecular weight excluding hydrogens is 232 g/mol. The zero-order chi connectivity index (χ0) is 13.5. The normalized spacial score (nSPS) is 11.8. The number of nitrogens with zero attached hydrogens (tertiary/aromatic N) is 1. The van der Waals surface area contributed by atoms with Gasteiger partial charge < -0.3 is 15.7 Å². The Morgan fingerprint density at radius 3 is 2.39 bits per heavy atom. The van der Waals surface area contributed by atoms with Crippen LogP contribution in [-0.2, 0) is 9.59 Å². The molecule has 0 spiro atoms. The van der Waals surface area contributed by atoms with Gasteiger partial charge in [0.05, 0.1) is 6.42 Å². The van der Waals surface area contributed by atoms with Crippen LogP contribution in [0.25, 0.3) is 0 Å². The first-order valence-electron chi connectivity index (χ1n) is 5.89. The van der Waals surface area contributed by atoms with Crippen molar-refractivity contribution in [2.45, 2.75) is 25.8 Å². The van der Waals surface area contributed by atoms with Gasteiger partial charge in [-0.2, -0.15) is 0 Å². The van der Waals surface area contributed by atoms with Crippen molar-refractivity contribution >= 4 is 17.6 Å². The average Bonchev–Trinajstić information content (AvgIpc) is 2.34. The Bertz CT molecular complexity index is 406. The number of nitrogens with two attached hydrogens (primary N) is 1. The molecule has 0 fully saturated rings. The molecule has 0 bridgehead atoms. The number of benzene rings is 1. The maximum Gasteiger partial charge on any atom is 0.305 e. The van der Waals surface area contributed by atoms with Gasteiger partial charge in [0.15, 0.2) is 0 Å². The lowest BCUT2D eigenvalue weighted by molar-refractivity contribution is -0.137. The van der Waals surface area contributed by atoms with Crippen molar-refractivity contribution in [3.05, 3.63) is 30.3 Å². The first-order chi connectivity index (χ1) is 8.56. The highest BCUT2D eigenvalue weighted by Gasteiger charge is 2.22. The van der Waals surface area contributed by atoms with Crippen LogP contribution in [0.1, 0.15) is 19.8 Å². The van der Waals surface area contributed by atoms with E-state index in [2.05, 4.69) is 0 Å². The lowest BCUT2D eigenvalue weighted by atomic mass is 10.1. The van der Waals surface area contributed by atoms with Crippen molar-refractivity contribution in [1.29, 1.82) is 0 Å². The average molecular weight is 250 g/mol. The first kappa shape index (κ1) is 14.0. The minimum absolute atomic E-state index is 0.0291. The second-order valence-corrected chi connectivity index (χ2v) is 4.00. The molecule has 1 rings (SSSR count). The van der Waals surface area contributed by atoms with Crippen LogP contribution in [0.4, 0.5) is 5.69 Å². The van der Waals surface area contributed by atoms with Crippen molar-refractivity contribution in [2.75, 3.05) is 11.4 Å². The van der Waals surface area contributed by atoms with E-state index in [1.165, 1.54) is 0 Å². The number of hydrogen-bond acceptors (Lipinski definition) is 3. The molecule has 0 saturated heterocycles. The topological polar surface area (TPSA) is 83.6 Å². The summed E-state index contributed by atoms with van der Waals surface area (Å²) in [5.74, 6) is -1.33. The highest BCUT2D eigenvalue weighted by Crippen LogP contribution is 2.18. The minimum atomic E-state index is -0.893. The number of carbonyl (C=O) groups excluding carboxylic acids is 1. The molecule has 1 unspecified atom stereocenters. The number of amides is 1. The molecule has 0 aliphatic heterocycles. The van der Waals surface area contributed by atoms with Gasteiger partial charge in [-0.15, -0.1) is 0 Å². The Hall–Kier alpha value is -2.04. The Labute approximate surface area is 106 Å². The molecule has 0 aliphatic rings. The van der Waals surface area contributed by atoms with Crippen molar-refractivity contribution in [3.63, 3.8) is 0 Å². The molecule has 1 aromatic carbocycles. The van der Waals surface area contributed by atoms with E-state index in [-0.39, 0.29) is 13.0 Å². The summed E-state index contributed by atoms with van der Waals surface area (Å²) in [4.78, 5) is 23.8. The summed E-state index contributed by atoms with van der Waals surface area (Å²) in [6.07, 6.45) is 0.516. The Morgan fingerprint density at radius 1 is 1.33 bits per heavy atom. The first-order valence-corrected chi connectivity index (χ1v) is 5.89. The van der Waals surface area contributed by atoms with Gasteiger partial charge in [0, 0.05) is 12.2 Å². The second-order valence-electron chi connectivity index (χ2n) is 4.00. The Balaban J connectivity index is 2.94. The Morgan fingerprint density at radius 2 is 1.94 bits per heavy atom. The largest absolute Gasteiger partial charge is 0.481 e. The van der Waals surface area contributed by atoms with Crippen molar-refractivity contribution in [2.24, 2.45) is 5.73 Å². The maximum absolute atomic E-state index is 11.4. The number of carboxylic acid groups (broad SMARTS) is 1. The molecule has 0 aliphatic carbocycles. The van der Waals surface area contributed by atoms with Gasteiger partial charge in [0.2, 0.25) is 5.91 Å². The van der Waals surface area contributed by atoms with Crippen LogP contribution in [-0.4, -0.2) is 29.6 Å². The summed E-state index contributed by atoms with van der Waals surface area (Å²) in [5.41, 5.74) is 6.17. The van der Waals surface area contributed by atoms with Gasteiger partial charge in [-0.1, -0.05) is 25.1 Å². The summed E-state index contributed by atoms with van der Waals surface area (Å²) in [6, 6.07) is 8.75. The zero-order valence-corrected chi connectivity index (χ0v) is 10.4. The number of rotatable bonds is 7. The predicted molar refractivity (Wildman–Crippen MR) is 69.3 cm³/mol. The van der Waals surface area contributed by atoms with Gasteiger partial charge in [0.25, 0.3) is 0 Å². The van der Waals surface area contributed by atoms with E-state index in [0.29, 0.717) is 6.42 Å². The molecule has 0 aromatic heterocycles. The predicted octanol–water partition coefficient (Wildman–Crippen LogP) is 1.23. The number of aliphatic carboxylic acids is 1. The van der Waals surface area contributed by atoms with Crippen LogP contribution in [0.3, 0.4) is 0 Å². The fourth-order valence-electron chi connectivity index (χ4n) is 1.88. The van der Waals surface area contributed by atoms with Gasteiger partial charge in [-0.3, -0.25) is 9.59 Å². The number of para-hydroxylation sites is 1. The van der Waals surface area contributed by atoms with Gasteiger partial charge in [-0.25, -0.2) is 0 Å². The molecule has 98 valence electrons. The summed E-state index contributed by atoms with van der Waals surface area (Å²) < 4.78 is 0. The lowest BCUT2D eigenvalue weighted by Crippen LogP contribution is -2.45. The summed E-state index contributed by atoms with van der Waals surface area (Å²) in [5, 5.41) is 8.76. The monoisotopic (exact) mass is 250 g/mol. The van der Waals surface area contributed by atoms with Crippen LogP contribution in [0.5, 0.6) is 0 Å². The van der Waals surface area contributed by atoms with Crippen molar-refractivity contribution in [3.8, 4) is 0 Å². The summed E-state index contributed by atoms with van der Waals surface area (Å²) >= 11 is 0. The summed E-state index contributed by atoms with van der Waals surface area (Å²) in [6.45, 7) is 2.12. The van der Waals surface area contributed by atoms with Crippen LogP contribution < -0.4 is 10.6 Å². The van der Waals surface area contributed by atoms with E-state index in [4.69, 9.17) is 10.8 Å². The number of carboxylic acids is 1. The van der Waals surface area contributed by atoms with E-state index in [9.17, 15) is 9.59 Å². The molecule has 5 heteroatoms. The lowest BCUT2D eigenvalue weighted by Gasteiger charge is -2.30. The smallest absolute Gasteiger partial charge is 0.305 e. The molecule has 3 N–H and O–H groups in total. The number of hydrogen-bond donors (Lipinski definition) is 2. The molecule has 1 amide bonds. The highest BCUT2D eigenvalue weighted by molar-refractivity contribution is 5.83. The third-order valence-electron chi connectivity index (χ3n) is 2.75. The molecule has 0 saturated carbocycles. The molecule has 18 heavy (non-hydrogen) atoms. The second kappa shape index (κ2) is 6.64. The molecule has 1 aromatic rings. The summed E-state index contributed by atoms with van der Waals surface area (Å²) in [7, 11) is 0. The fourth-order valence-corrected chi connectivity index (χ4v) is 1.88. The van der Waals surface area contributed by atoms with Gasteiger partial charge in [0.1, 0.15) is 6.04 Å². The maximum atomic E-state index is 11.4. The highest BCUT2D eigenvalue weighted by atomic mass is 16.4. The molecule has 0 radical (unpaired) electrons. The fraction of sp³-hybridized carbons (Fsp3) is 0.385. The minimum Gasteiger partial charge on any atom is -0.481 e. The zero-order valence-electron chi connectivity index (χ0n) is 10.4. The quantitative estimate of drug-likeness (QED) is 0.762. The van der Waals surface area contributed by atoms with Gasteiger partial charge >= 0.3 is 5.97 Å². The third kappa shape index (κ3) is 3.76. The van der Waals surface area contributed by atoms with E-state index in [1.54, 1.807) is 4.90 Å². The van der Waals surface area contributed by atoms with E-state index >= 15 is 0 Å². The van der Waals surface area contributed by atoms with Crippen LogP contribution in [0, 0.1) is 0 Å². The molecule has 1 atom stereocenters. The van der Waals surface area contributed by atoms with Crippen LogP contribution in [0.15, 0.2) is 30.3 Å². The number of primary amides is 1. The standard InChI is InChI=1S/C13H18N2O3/c1-2-11(13(14)18)15(9-8-12(16)17)10-6-4-3-5-7-10/h3-7,11H,2,8-9H2,1H3,(H2,14,18)(H,16,17). The van der Waals surface area contributed by atoms with Crippen molar-refractivity contribution < 1.29 is 14.7 Å². The number of anilines is 1. The molecule has 0 heterocycles. The Kier molecular flexibility index (Phi) is 5.17. The third-order valence-corrected chi connectivity index (χ3v) is 2.75. The van der Waals surface area contributed by atoms with Crippen LogP contribution in [0.2, 0.25) is 0 Å².